The quantitative estimate of drug-likeness (QED) is 0.865. The first-order valence-electron chi connectivity index (χ1n) is 9.10. The van der Waals surface area contributed by atoms with Gasteiger partial charge in [-0.2, -0.15) is 5.26 Å². The van der Waals surface area contributed by atoms with E-state index in [2.05, 4.69) is 11.4 Å². The van der Waals surface area contributed by atoms with E-state index in [0.29, 0.717) is 25.4 Å². The van der Waals surface area contributed by atoms with Crippen molar-refractivity contribution in [2.24, 2.45) is 16.7 Å². The summed E-state index contributed by atoms with van der Waals surface area (Å²) in [6, 6.07) is 2.70. The Morgan fingerprint density at radius 1 is 1.13 bits per heavy atom. The first-order valence-corrected chi connectivity index (χ1v) is 9.10. The molecular weight excluding hydrogens is 290 g/mol. The van der Waals surface area contributed by atoms with E-state index in [1.165, 1.54) is 6.42 Å². The molecule has 1 heterocycles. The maximum absolute atomic E-state index is 12.8. The van der Waals surface area contributed by atoms with Gasteiger partial charge in [0.15, 0.2) is 0 Å². The first-order chi connectivity index (χ1) is 11.1. The van der Waals surface area contributed by atoms with Gasteiger partial charge in [-0.25, -0.2) is 0 Å². The minimum absolute atomic E-state index is 0.0126. The molecule has 1 N–H and O–H groups in total. The minimum Gasteiger partial charge on any atom is -0.353 e. The van der Waals surface area contributed by atoms with Crippen molar-refractivity contribution in [2.75, 3.05) is 13.1 Å². The summed E-state index contributed by atoms with van der Waals surface area (Å²) in [5.74, 6) is 0.307. The van der Waals surface area contributed by atoms with Crippen molar-refractivity contribution in [2.45, 2.75) is 63.8 Å². The molecule has 1 aliphatic heterocycles. The summed E-state index contributed by atoms with van der Waals surface area (Å²) in [7, 11) is 0. The average Bonchev–Trinajstić information content (AvgIpc) is 2.89. The molecule has 2 unspecified atom stereocenters. The third-order valence-corrected chi connectivity index (χ3v) is 6.71. The maximum Gasteiger partial charge on any atom is 0.243 e. The normalized spacial score (nSPS) is 34.9. The predicted octanol–water partition coefficient (Wildman–Crippen LogP) is 1.98. The Kier molecular flexibility index (Phi) is 3.40. The minimum atomic E-state index is -0.774. The average molecular weight is 315 g/mol. The smallest absolute Gasteiger partial charge is 0.243 e. The Morgan fingerprint density at radius 3 is 2.48 bits per heavy atom. The molecule has 4 rings (SSSR count). The molecule has 1 saturated heterocycles. The molecule has 5 heteroatoms. The van der Waals surface area contributed by atoms with Gasteiger partial charge in [0, 0.05) is 30.5 Å². The van der Waals surface area contributed by atoms with E-state index in [4.69, 9.17) is 0 Å². The fourth-order valence-corrected chi connectivity index (χ4v) is 4.75. The van der Waals surface area contributed by atoms with Gasteiger partial charge < -0.3 is 10.2 Å². The van der Waals surface area contributed by atoms with E-state index in [0.717, 1.165) is 45.1 Å². The molecule has 0 aromatic rings. The molecule has 5 nitrogen and oxygen atoms in total. The molecule has 124 valence electrons. The Hall–Kier alpha value is -1.57. The van der Waals surface area contributed by atoms with Crippen LogP contribution in [-0.4, -0.2) is 35.8 Å². The third kappa shape index (κ3) is 2.34. The highest BCUT2D eigenvalue weighted by molar-refractivity contribution is 5.87. The van der Waals surface area contributed by atoms with Crippen LogP contribution in [0.15, 0.2) is 0 Å². The number of hydrogen-bond acceptors (Lipinski definition) is 3. The van der Waals surface area contributed by atoms with Crippen molar-refractivity contribution in [3.8, 4) is 6.07 Å². The number of likely N-dealkylation sites (tertiary alicyclic amines) is 1. The molecule has 3 aliphatic carbocycles. The summed E-state index contributed by atoms with van der Waals surface area (Å²) in [5.41, 5.74) is -0.761. The summed E-state index contributed by atoms with van der Waals surface area (Å²) < 4.78 is 0. The highest BCUT2D eigenvalue weighted by Gasteiger charge is 2.62. The van der Waals surface area contributed by atoms with Crippen molar-refractivity contribution < 1.29 is 9.59 Å². The van der Waals surface area contributed by atoms with Crippen molar-refractivity contribution in [3.05, 3.63) is 0 Å². The van der Waals surface area contributed by atoms with E-state index < -0.39 is 5.41 Å². The second-order valence-corrected chi connectivity index (χ2v) is 8.13. The van der Waals surface area contributed by atoms with Crippen LogP contribution in [0.1, 0.15) is 57.8 Å². The highest BCUT2D eigenvalue weighted by Crippen LogP contribution is 2.59. The van der Waals surface area contributed by atoms with E-state index in [-0.39, 0.29) is 23.1 Å². The van der Waals surface area contributed by atoms with Gasteiger partial charge in [-0.05, 0) is 44.9 Å². The molecule has 0 aromatic heterocycles. The molecule has 4 fully saturated rings. The van der Waals surface area contributed by atoms with Gasteiger partial charge in [-0.15, -0.1) is 0 Å². The van der Waals surface area contributed by atoms with Gasteiger partial charge in [-0.3, -0.25) is 9.59 Å². The number of hydrogen-bond donors (Lipinski definition) is 1. The predicted molar refractivity (Wildman–Crippen MR) is 84.0 cm³/mol. The van der Waals surface area contributed by atoms with Crippen LogP contribution in [0, 0.1) is 28.1 Å². The number of amides is 2. The van der Waals surface area contributed by atoms with Crippen molar-refractivity contribution in [1.29, 1.82) is 5.26 Å². The number of nitrogens with one attached hydrogen (secondary N) is 1. The lowest BCUT2D eigenvalue weighted by Gasteiger charge is -2.27. The maximum atomic E-state index is 12.8. The molecule has 1 spiro atoms. The zero-order valence-electron chi connectivity index (χ0n) is 13.6. The zero-order valence-corrected chi connectivity index (χ0v) is 13.6. The SMILES string of the molecule is N#CC1(C(=O)N2CCC3(CC3C(=O)NC3CCC3)C2)CCCC1. The van der Waals surface area contributed by atoms with Gasteiger partial charge in [0.1, 0.15) is 5.41 Å². The van der Waals surface area contributed by atoms with Crippen LogP contribution >= 0.6 is 0 Å². The van der Waals surface area contributed by atoms with Crippen LogP contribution in [0.3, 0.4) is 0 Å². The van der Waals surface area contributed by atoms with Gasteiger partial charge in [-0.1, -0.05) is 12.8 Å². The monoisotopic (exact) mass is 315 g/mol. The number of carbonyl (C=O) groups excluding carboxylic acids is 2. The summed E-state index contributed by atoms with van der Waals surface area (Å²) in [5, 5.41) is 12.7. The topological polar surface area (TPSA) is 73.2 Å². The summed E-state index contributed by atoms with van der Waals surface area (Å²) >= 11 is 0. The summed E-state index contributed by atoms with van der Waals surface area (Å²) in [4.78, 5) is 27.1. The molecule has 2 atom stereocenters. The van der Waals surface area contributed by atoms with Crippen LogP contribution in [0.5, 0.6) is 0 Å². The standard InChI is InChI=1S/C18H25N3O2/c19-11-17(6-1-2-7-17)16(23)21-9-8-18(12-21)10-14(18)15(22)20-13-4-3-5-13/h13-14H,1-10,12H2,(H,20,22). The van der Waals surface area contributed by atoms with Gasteiger partial charge in [0.05, 0.1) is 6.07 Å². The van der Waals surface area contributed by atoms with Crippen LogP contribution in [0.2, 0.25) is 0 Å². The molecular formula is C18H25N3O2. The van der Waals surface area contributed by atoms with Crippen LogP contribution < -0.4 is 5.32 Å². The fraction of sp³-hybridized carbons (Fsp3) is 0.833. The van der Waals surface area contributed by atoms with E-state index in [1.807, 2.05) is 4.90 Å². The van der Waals surface area contributed by atoms with Crippen molar-refractivity contribution >= 4 is 11.8 Å². The molecule has 2 amide bonds. The van der Waals surface area contributed by atoms with Crippen LogP contribution in [0.4, 0.5) is 0 Å². The number of rotatable bonds is 3. The molecule has 23 heavy (non-hydrogen) atoms. The molecule has 0 bridgehead atoms. The van der Waals surface area contributed by atoms with Crippen LogP contribution in [-0.2, 0) is 9.59 Å². The second kappa shape index (κ2) is 5.22. The number of nitrogens with zero attached hydrogens (tertiary/aromatic N) is 2. The Balaban J connectivity index is 1.37. The van der Waals surface area contributed by atoms with Gasteiger partial charge in [0.2, 0.25) is 11.8 Å². The summed E-state index contributed by atoms with van der Waals surface area (Å²) in [6.45, 7) is 1.40. The first kappa shape index (κ1) is 15.0. The Labute approximate surface area is 137 Å². The van der Waals surface area contributed by atoms with E-state index in [1.54, 1.807) is 0 Å². The summed E-state index contributed by atoms with van der Waals surface area (Å²) in [6.07, 6.45) is 8.64. The molecule has 0 radical (unpaired) electrons. The van der Waals surface area contributed by atoms with Gasteiger partial charge >= 0.3 is 0 Å². The third-order valence-electron chi connectivity index (χ3n) is 6.71. The van der Waals surface area contributed by atoms with Crippen molar-refractivity contribution in [1.82, 2.24) is 10.2 Å². The fourth-order valence-electron chi connectivity index (χ4n) is 4.75. The largest absolute Gasteiger partial charge is 0.353 e. The molecule has 3 saturated carbocycles. The lowest BCUT2D eigenvalue weighted by Crippen LogP contribution is -2.42. The highest BCUT2D eigenvalue weighted by atomic mass is 16.2. The lowest BCUT2D eigenvalue weighted by molar-refractivity contribution is -0.138. The number of nitriles is 1. The lowest BCUT2D eigenvalue weighted by atomic mass is 9.86. The second-order valence-electron chi connectivity index (χ2n) is 8.13. The van der Waals surface area contributed by atoms with Crippen LogP contribution in [0.25, 0.3) is 0 Å². The van der Waals surface area contributed by atoms with Crippen molar-refractivity contribution in [3.63, 3.8) is 0 Å². The molecule has 4 aliphatic rings. The number of carbonyl (C=O) groups is 2. The molecule has 0 aromatic carbocycles. The zero-order chi connectivity index (χ0) is 16.1. The Morgan fingerprint density at radius 2 is 1.87 bits per heavy atom. The van der Waals surface area contributed by atoms with E-state index >= 15 is 0 Å². The Bertz CT molecular complexity index is 571. The van der Waals surface area contributed by atoms with E-state index in [9.17, 15) is 14.9 Å². The van der Waals surface area contributed by atoms with Gasteiger partial charge in [0.25, 0.3) is 0 Å².